The standard InChI is InChI=1S/C25H36N2O6/c1-7-15(2)16(14-28)27-19-21(30)26(23(3,4)5)12-8-11-25(19)17(20(27)29)18-22(31)32-13-9-10-24(18,6)33-25/h8-11,15-19,28H,7,12-14H2,1-6H3/t15-,16-,17-,18-,19?,24+,25-/m0/s1. The van der Waals surface area contributed by atoms with Gasteiger partial charge in [-0.3, -0.25) is 14.4 Å². The van der Waals surface area contributed by atoms with Crippen LogP contribution in [0.1, 0.15) is 48.0 Å². The first-order chi connectivity index (χ1) is 15.4. The van der Waals surface area contributed by atoms with Crippen molar-refractivity contribution < 1.29 is 29.0 Å². The van der Waals surface area contributed by atoms with Crippen molar-refractivity contribution in [2.24, 2.45) is 17.8 Å². The van der Waals surface area contributed by atoms with E-state index in [0.29, 0.717) is 6.54 Å². The molecule has 4 rings (SSSR count). The van der Waals surface area contributed by atoms with Crippen molar-refractivity contribution in [2.45, 2.75) is 76.8 Å². The summed E-state index contributed by atoms with van der Waals surface area (Å²) in [5.41, 5.74) is -2.89. The zero-order valence-corrected chi connectivity index (χ0v) is 20.4. The van der Waals surface area contributed by atoms with Crippen LogP contribution < -0.4 is 0 Å². The summed E-state index contributed by atoms with van der Waals surface area (Å²) in [4.78, 5) is 44.7. The van der Waals surface area contributed by atoms with Gasteiger partial charge in [0.25, 0.3) is 0 Å². The number of aliphatic hydroxyl groups excluding tert-OH is 1. The molecule has 4 heterocycles. The summed E-state index contributed by atoms with van der Waals surface area (Å²) in [6.45, 7) is 11.8. The highest BCUT2D eigenvalue weighted by molar-refractivity contribution is 5.99. The van der Waals surface area contributed by atoms with E-state index in [1.807, 2.05) is 46.8 Å². The second-order valence-corrected chi connectivity index (χ2v) is 10.9. The van der Waals surface area contributed by atoms with E-state index in [9.17, 15) is 19.5 Å². The highest BCUT2D eigenvalue weighted by atomic mass is 16.6. The Morgan fingerprint density at radius 3 is 2.45 bits per heavy atom. The molecule has 0 aliphatic carbocycles. The van der Waals surface area contributed by atoms with Crippen LogP contribution >= 0.6 is 0 Å². The monoisotopic (exact) mass is 460 g/mol. The first-order valence-corrected chi connectivity index (χ1v) is 11.9. The summed E-state index contributed by atoms with van der Waals surface area (Å²) in [6.07, 6.45) is 7.92. The molecule has 8 heteroatoms. The van der Waals surface area contributed by atoms with Crippen LogP contribution in [-0.4, -0.2) is 81.3 Å². The van der Waals surface area contributed by atoms with Crippen molar-refractivity contribution in [1.29, 1.82) is 0 Å². The third kappa shape index (κ3) is 3.36. The molecule has 0 aromatic rings. The Labute approximate surface area is 195 Å². The molecule has 0 saturated carbocycles. The van der Waals surface area contributed by atoms with Gasteiger partial charge in [-0.25, -0.2) is 0 Å². The molecular formula is C25H36N2O6. The van der Waals surface area contributed by atoms with Gasteiger partial charge in [-0.15, -0.1) is 0 Å². The van der Waals surface area contributed by atoms with E-state index in [2.05, 4.69) is 0 Å². The van der Waals surface area contributed by atoms with E-state index in [1.54, 1.807) is 24.0 Å². The normalized spacial score (nSPS) is 37.8. The van der Waals surface area contributed by atoms with E-state index in [4.69, 9.17) is 9.47 Å². The molecule has 0 radical (unpaired) electrons. The van der Waals surface area contributed by atoms with Gasteiger partial charge in [0.2, 0.25) is 11.8 Å². The molecule has 33 heavy (non-hydrogen) atoms. The number of cyclic esters (lactones) is 1. The van der Waals surface area contributed by atoms with Gasteiger partial charge in [0.1, 0.15) is 24.2 Å². The molecule has 182 valence electrons. The molecule has 2 fully saturated rings. The number of ether oxygens (including phenoxy) is 2. The number of esters is 1. The van der Waals surface area contributed by atoms with Crippen LogP contribution in [0.4, 0.5) is 0 Å². The van der Waals surface area contributed by atoms with Crippen molar-refractivity contribution in [2.75, 3.05) is 19.8 Å². The molecule has 1 spiro atoms. The second kappa shape index (κ2) is 7.94. The largest absolute Gasteiger partial charge is 0.461 e. The van der Waals surface area contributed by atoms with Crippen molar-refractivity contribution in [1.82, 2.24) is 9.80 Å². The minimum absolute atomic E-state index is 0.0506. The summed E-state index contributed by atoms with van der Waals surface area (Å²) in [7, 11) is 0. The Kier molecular flexibility index (Phi) is 5.77. The zero-order chi connectivity index (χ0) is 24.3. The van der Waals surface area contributed by atoms with Crippen LogP contribution in [0.15, 0.2) is 24.3 Å². The fraction of sp³-hybridized carbons (Fsp3) is 0.720. The first-order valence-electron chi connectivity index (χ1n) is 11.9. The van der Waals surface area contributed by atoms with Crippen LogP contribution in [0.2, 0.25) is 0 Å². The van der Waals surface area contributed by atoms with Crippen molar-refractivity contribution in [3.63, 3.8) is 0 Å². The molecule has 4 aliphatic heterocycles. The number of rotatable bonds is 4. The maximum Gasteiger partial charge on any atom is 0.313 e. The summed E-state index contributed by atoms with van der Waals surface area (Å²) in [6, 6.07) is -1.55. The van der Waals surface area contributed by atoms with E-state index < -0.39 is 46.6 Å². The third-order valence-corrected chi connectivity index (χ3v) is 7.91. The molecular weight excluding hydrogens is 424 g/mol. The summed E-state index contributed by atoms with van der Waals surface area (Å²) in [5, 5.41) is 10.3. The average molecular weight is 461 g/mol. The number of likely N-dealkylation sites (tertiary alicyclic amines) is 1. The molecule has 0 aromatic carbocycles. The predicted molar refractivity (Wildman–Crippen MR) is 121 cm³/mol. The Balaban J connectivity index is 1.93. The maximum absolute atomic E-state index is 14.2. The minimum atomic E-state index is -1.32. The number of hydrogen-bond acceptors (Lipinski definition) is 6. The Morgan fingerprint density at radius 1 is 1.15 bits per heavy atom. The van der Waals surface area contributed by atoms with Gasteiger partial charge < -0.3 is 24.4 Å². The fourth-order valence-electron chi connectivity index (χ4n) is 6.07. The quantitative estimate of drug-likeness (QED) is 0.507. The van der Waals surface area contributed by atoms with E-state index in [1.165, 1.54) is 4.90 Å². The highest BCUT2D eigenvalue weighted by Crippen LogP contribution is 2.58. The van der Waals surface area contributed by atoms with E-state index in [0.717, 1.165) is 6.42 Å². The lowest BCUT2D eigenvalue weighted by Crippen LogP contribution is -2.62. The molecule has 0 aromatic heterocycles. The lowest BCUT2D eigenvalue weighted by atomic mass is 9.74. The lowest BCUT2D eigenvalue weighted by molar-refractivity contribution is -0.162. The van der Waals surface area contributed by atoms with Crippen LogP contribution in [0.3, 0.4) is 0 Å². The van der Waals surface area contributed by atoms with Gasteiger partial charge in [-0.2, -0.15) is 0 Å². The van der Waals surface area contributed by atoms with Gasteiger partial charge in [0, 0.05) is 12.1 Å². The van der Waals surface area contributed by atoms with Crippen LogP contribution in [0.5, 0.6) is 0 Å². The maximum atomic E-state index is 14.2. The van der Waals surface area contributed by atoms with Crippen molar-refractivity contribution >= 4 is 17.8 Å². The number of carbonyl (C=O) groups excluding carboxylic acids is 3. The van der Waals surface area contributed by atoms with Crippen molar-refractivity contribution in [3.8, 4) is 0 Å². The molecule has 4 aliphatic rings. The van der Waals surface area contributed by atoms with Gasteiger partial charge >= 0.3 is 5.97 Å². The summed E-state index contributed by atoms with van der Waals surface area (Å²) < 4.78 is 12.1. The number of amides is 2. The van der Waals surface area contributed by atoms with Crippen molar-refractivity contribution in [3.05, 3.63) is 24.3 Å². The predicted octanol–water partition coefficient (Wildman–Crippen LogP) is 1.67. The molecule has 1 N–H and O–H groups in total. The smallest absolute Gasteiger partial charge is 0.313 e. The van der Waals surface area contributed by atoms with E-state index in [-0.39, 0.29) is 30.9 Å². The zero-order valence-electron chi connectivity index (χ0n) is 20.4. The van der Waals surface area contributed by atoms with Gasteiger partial charge in [-0.1, -0.05) is 38.5 Å². The molecule has 2 saturated heterocycles. The minimum Gasteiger partial charge on any atom is -0.461 e. The average Bonchev–Trinajstić information content (AvgIpc) is 2.98. The third-order valence-electron chi connectivity index (χ3n) is 7.91. The molecule has 1 unspecified atom stereocenters. The molecule has 2 amide bonds. The highest BCUT2D eigenvalue weighted by Gasteiger charge is 2.75. The number of aliphatic hydroxyl groups is 1. The molecule has 8 nitrogen and oxygen atoms in total. The first kappa shape index (κ1) is 24.0. The van der Waals surface area contributed by atoms with Gasteiger partial charge in [-0.05, 0) is 39.7 Å². The topological polar surface area (TPSA) is 96.4 Å². The lowest BCUT2D eigenvalue weighted by Gasteiger charge is -2.43. The fourth-order valence-corrected chi connectivity index (χ4v) is 6.07. The number of hydrogen-bond donors (Lipinski definition) is 1. The number of fused-ring (bicyclic) bond motifs is 2. The Morgan fingerprint density at radius 2 is 1.85 bits per heavy atom. The Bertz CT molecular complexity index is 907. The SMILES string of the molecule is CC[C@H](C)[C@H](CO)N1C(=O)[C@@H]2[C@H]3C(=O)OCC=C[C@@]3(C)O[C@@]23C=CCN(C(C)(C)C)C(=O)C13. The Hall–Kier alpha value is -2.19. The second-order valence-electron chi connectivity index (χ2n) is 10.9. The van der Waals surface area contributed by atoms with Gasteiger partial charge in [0.05, 0.1) is 24.2 Å². The molecule has 0 bridgehead atoms. The van der Waals surface area contributed by atoms with Gasteiger partial charge in [0.15, 0.2) is 0 Å². The van der Waals surface area contributed by atoms with Crippen LogP contribution in [0.25, 0.3) is 0 Å². The van der Waals surface area contributed by atoms with Crippen LogP contribution in [0, 0.1) is 17.8 Å². The molecule has 7 atom stereocenters. The summed E-state index contributed by atoms with van der Waals surface area (Å²) >= 11 is 0. The summed E-state index contributed by atoms with van der Waals surface area (Å²) in [5.74, 6) is -2.92. The number of carbonyl (C=O) groups is 3. The van der Waals surface area contributed by atoms with E-state index >= 15 is 0 Å². The number of nitrogens with zero attached hydrogens (tertiary/aromatic N) is 2. The van der Waals surface area contributed by atoms with Crippen LogP contribution in [-0.2, 0) is 23.9 Å².